The van der Waals surface area contributed by atoms with Crippen molar-refractivity contribution in [3.05, 3.63) is 59.7 Å². The topological polar surface area (TPSA) is 134 Å². The molecular weight excluding hydrogens is 408 g/mol. The van der Waals surface area contributed by atoms with Gasteiger partial charge in [-0.25, -0.2) is 23.5 Å². The standard InChI is InChI=1S/C20H17F2N7O2/c1-31-20(30)25-16-17(23)26-19(27-18(16)24)15-12-8-11(21)6-7-14(12)29(28-15)9-10-4-2-3-5-13(10)22/h2-8H,9H2,1H3,(H,25,30)(H4,23,24,26,27). The number of carbonyl (C=O) groups excluding carboxylic acids is 1. The van der Waals surface area contributed by atoms with Gasteiger partial charge in [0.05, 0.1) is 19.2 Å². The average Bonchev–Trinajstić information content (AvgIpc) is 3.09. The van der Waals surface area contributed by atoms with E-state index >= 15 is 0 Å². The van der Waals surface area contributed by atoms with Gasteiger partial charge in [-0.05, 0) is 24.3 Å². The predicted molar refractivity (Wildman–Crippen MR) is 111 cm³/mol. The molecule has 0 aliphatic carbocycles. The number of benzene rings is 2. The van der Waals surface area contributed by atoms with Gasteiger partial charge in [-0.15, -0.1) is 0 Å². The average molecular weight is 425 g/mol. The molecule has 0 spiro atoms. The van der Waals surface area contributed by atoms with Crippen molar-refractivity contribution in [2.45, 2.75) is 6.54 Å². The molecule has 31 heavy (non-hydrogen) atoms. The maximum absolute atomic E-state index is 14.1. The number of rotatable bonds is 4. The first-order chi connectivity index (χ1) is 14.9. The normalized spacial score (nSPS) is 10.9. The number of hydrogen-bond donors (Lipinski definition) is 3. The molecule has 4 rings (SSSR count). The molecule has 5 N–H and O–H groups in total. The number of amides is 1. The van der Waals surface area contributed by atoms with E-state index in [0.717, 1.165) is 0 Å². The minimum Gasteiger partial charge on any atom is -0.453 e. The first kappa shape index (κ1) is 20.0. The number of methoxy groups -OCH3 is 1. The number of halogens is 2. The van der Waals surface area contributed by atoms with E-state index in [0.29, 0.717) is 16.5 Å². The monoisotopic (exact) mass is 425 g/mol. The third-order valence-corrected chi connectivity index (χ3v) is 4.58. The Bertz CT molecular complexity index is 1280. The Labute approximate surface area is 174 Å². The zero-order chi connectivity index (χ0) is 22.1. The van der Waals surface area contributed by atoms with E-state index < -0.39 is 17.7 Å². The molecule has 9 nitrogen and oxygen atoms in total. The molecule has 0 aliphatic heterocycles. The van der Waals surface area contributed by atoms with E-state index in [1.807, 2.05) is 0 Å². The van der Waals surface area contributed by atoms with Crippen LogP contribution in [0, 0.1) is 11.6 Å². The van der Waals surface area contributed by atoms with Gasteiger partial charge in [0.2, 0.25) is 0 Å². The maximum Gasteiger partial charge on any atom is 0.411 e. The summed E-state index contributed by atoms with van der Waals surface area (Å²) >= 11 is 0. The Balaban J connectivity index is 1.84. The molecule has 0 saturated heterocycles. The van der Waals surface area contributed by atoms with Crippen molar-refractivity contribution in [1.82, 2.24) is 19.7 Å². The van der Waals surface area contributed by atoms with Gasteiger partial charge in [0.15, 0.2) is 17.5 Å². The maximum atomic E-state index is 14.1. The van der Waals surface area contributed by atoms with Crippen molar-refractivity contribution in [1.29, 1.82) is 0 Å². The van der Waals surface area contributed by atoms with E-state index in [-0.39, 0.29) is 35.4 Å². The fourth-order valence-corrected chi connectivity index (χ4v) is 3.11. The molecule has 2 aromatic heterocycles. The van der Waals surface area contributed by atoms with Gasteiger partial charge < -0.3 is 16.2 Å². The Kier molecular flexibility index (Phi) is 5.07. The summed E-state index contributed by atoms with van der Waals surface area (Å²) in [7, 11) is 1.18. The fourth-order valence-electron chi connectivity index (χ4n) is 3.11. The molecule has 0 bridgehead atoms. The van der Waals surface area contributed by atoms with E-state index in [1.165, 1.54) is 36.1 Å². The summed E-state index contributed by atoms with van der Waals surface area (Å²) in [6.45, 7) is 0.0990. The van der Waals surface area contributed by atoms with Crippen molar-refractivity contribution in [2.75, 3.05) is 23.9 Å². The first-order valence-corrected chi connectivity index (χ1v) is 9.05. The van der Waals surface area contributed by atoms with Crippen molar-refractivity contribution >= 4 is 34.3 Å². The molecule has 2 heterocycles. The molecule has 158 valence electrons. The number of carbonyl (C=O) groups is 1. The van der Waals surface area contributed by atoms with Gasteiger partial charge in [-0.1, -0.05) is 18.2 Å². The summed E-state index contributed by atoms with van der Waals surface area (Å²) in [5.74, 6) is -1.11. The number of hydrogen-bond acceptors (Lipinski definition) is 7. The third kappa shape index (κ3) is 3.80. The smallest absolute Gasteiger partial charge is 0.411 e. The SMILES string of the molecule is COC(=O)Nc1c(N)nc(-c2nn(Cc3ccccc3F)c3ccc(F)cc23)nc1N. The fraction of sp³-hybridized carbons (Fsp3) is 0.100. The lowest BCUT2D eigenvalue weighted by molar-refractivity contribution is 0.187. The second kappa shape index (κ2) is 7.86. The van der Waals surface area contributed by atoms with Crippen LogP contribution in [0.5, 0.6) is 0 Å². The van der Waals surface area contributed by atoms with Crippen molar-refractivity contribution in [2.24, 2.45) is 0 Å². The van der Waals surface area contributed by atoms with Gasteiger partial charge in [-0.2, -0.15) is 5.10 Å². The van der Waals surface area contributed by atoms with Crippen LogP contribution in [0.15, 0.2) is 42.5 Å². The molecule has 0 atom stereocenters. The molecule has 0 fully saturated rings. The highest BCUT2D eigenvalue weighted by Crippen LogP contribution is 2.31. The highest BCUT2D eigenvalue weighted by molar-refractivity contribution is 5.95. The number of anilines is 3. The van der Waals surface area contributed by atoms with Crippen molar-refractivity contribution < 1.29 is 18.3 Å². The first-order valence-electron chi connectivity index (χ1n) is 9.05. The minimum atomic E-state index is -0.795. The zero-order valence-corrected chi connectivity index (χ0v) is 16.3. The van der Waals surface area contributed by atoms with E-state index in [4.69, 9.17) is 11.5 Å². The third-order valence-electron chi connectivity index (χ3n) is 4.58. The van der Waals surface area contributed by atoms with Crippen LogP contribution >= 0.6 is 0 Å². The predicted octanol–water partition coefficient (Wildman–Crippen LogP) is 3.16. The van der Waals surface area contributed by atoms with Gasteiger partial charge >= 0.3 is 6.09 Å². The largest absolute Gasteiger partial charge is 0.453 e. The van der Waals surface area contributed by atoms with E-state index in [1.54, 1.807) is 18.2 Å². The number of nitrogens with one attached hydrogen (secondary N) is 1. The van der Waals surface area contributed by atoms with Gasteiger partial charge in [0.1, 0.15) is 23.0 Å². The Morgan fingerprint density at radius 2 is 1.84 bits per heavy atom. The van der Waals surface area contributed by atoms with Crippen LogP contribution in [0.4, 0.5) is 30.9 Å². The lowest BCUT2D eigenvalue weighted by atomic mass is 10.2. The lowest BCUT2D eigenvalue weighted by Gasteiger charge is -2.10. The second-order valence-electron chi connectivity index (χ2n) is 6.57. The second-order valence-corrected chi connectivity index (χ2v) is 6.57. The van der Waals surface area contributed by atoms with Crippen LogP contribution in [0.2, 0.25) is 0 Å². The molecule has 2 aromatic carbocycles. The summed E-state index contributed by atoms with van der Waals surface area (Å²) in [5.41, 5.74) is 13.0. The molecule has 0 aliphatic rings. The van der Waals surface area contributed by atoms with Crippen LogP contribution in [-0.4, -0.2) is 33.0 Å². The summed E-state index contributed by atoms with van der Waals surface area (Å²) in [6.07, 6.45) is -0.795. The molecule has 0 radical (unpaired) electrons. The van der Waals surface area contributed by atoms with Gasteiger partial charge in [-0.3, -0.25) is 10.00 Å². The summed E-state index contributed by atoms with van der Waals surface area (Å²) in [5, 5.41) is 7.19. The molecule has 0 unspecified atom stereocenters. The Morgan fingerprint density at radius 3 is 2.52 bits per heavy atom. The lowest BCUT2D eigenvalue weighted by Crippen LogP contribution is -2.16. The van der Waals surface area contributed by atoms with Crippen LogP contribution < -0.4 is 16.8 Å². The Morgan fingerprint density at radius 1 is 1.13 bits per heavy atom. The number of nitrogen functional groups attached to an aromatic ring is 2. The highest BCUT2D eigenvalue weighted by atomic mass is 19.1. The van der Waals surface area contributed by atoms with E-state index in [9.17, 15) is 13.6 Å². The quantitative estimate of drug-likeness (QED) is 0.457. The van der Waals surface area contributed by atoms with Gasteiger partial charge in [0.25, 0.3) is 0 Å². The van der Waals surface area contributed by atoms with Crippen LogP contribution in [0.1, 0.15) is 5.56 Å². The molecule has 4 aromatic rings. The van der Waals surface area contributed by atoms with Crippen LogP contribution in [0.25, 0.3) is 22.4 Å². The molecule has 0 saturated carbocycles. The van der Waals surface area contributed by atoms with Crippen LogP contribution in [-0.2, 0) is 11.3 Å². The van der Waals surface area contributed by atoms with Gasteiger partial charge in [0, 0.05) is 10.9 Å². The highest BCUT2D eigenvalue weighted by Gasteiger charge is 2.20. The molecule has 11 heteroatoms. The summed E-state index contributed by atoms with van der Waals surface area (Å²) in [4.78, 5) is 19.8. The number of aromatic nitrogens is 4. The minimum absolute atomic E-state index is 0.0168. The zero-order valence-electron chi connectivity index (χ0n) is 16.3. The number of nitrogens with two attached hydrogens (primary N) is 2. The Hall–Kier alpha value is -4.28. The summed E-state index contributed by atoms with van der Waals surface area (Å²) < 4.78 is 34.2. The van der Waals surface area contributed by atoms with Crippen molar-refractivity contribution in [3.63, 3.8) is 0 Å². The molecular formula is C20H17F2N7O2. The van der Waals surface area contributed by atoms with Crippen LogP contribution in [0.3, 0.4) is 0 Å². The number of ether oxygens (including phenoxy) is 1. The number of fused-ring (bicyclic) bond motifs is 1. The summed E-state index contributed by atoms with van der Waals surface area (Å²) in [6, 6.07) is 10.4. The van der Waals surface area contributed by atoms with E-state index in [2.05, 4.69) is 25.1 Å². The number of nitrogens with zero attached hydrogens (tertiary/aromatic N) is 4. The van der Waals surface area contributed by atoms with Crippen molar-refractivity contribution in [3.8, 4) is 11.5 Å². The molecule has 1 amide bonds.